The first kappa shape index (κ1) is 11.2. The van der Waals surface area contributed by atoms with Gasteiger partial charge in [0.15, 0.2) is 0 Å². The van der Waals surface area contributed by atoms with Crippen molar-refractivity contribution in [3.05, 3.63) is 11.6 Å². The molecule has 1 saturated carbocycles. The molecule has 1 nitrogen and oxygen atoms in total. The fourth-order valence-electron chi connectivity index (χ4n) is 3.24. The Balaban J connectivity index is 1.92. The largest absolute Gasteiger partial charge is 0.327 e. The van der Waals surface area contributed by atoms with E-state index < -0.39 is 0 Å². The smallest absolute Gasteiger partial charge is 0.00765 e. The highest BCUT2D eigenvalue weighted by atomic mass is 14.6. The van der Waals surface area contributed by atoms with Crippen LogP contribution in [0.2, 0.25) is 0 Å². The van der Waals surface area contributed by atoms with Crippen LogP contribution in [0.25, 0.3) is 0 Å². The third-order valence-electron chi connectivity index (χ3n) is 4.37. The Kier molecular flexibility index (Phi) is 3.85. The SMILES string of the molecule is CCC1CCCC(C2=CCC(N)CC2)C1. The minimum atomic E-state index is 0.444. The molecule has 0 aromatic rings. The lowest BCUT2D eigenvalue weighted by molar-refractivity contribution is 0.280. The maximum Gasteiger partial charge on any atom is 0.00765 e. The van der Waals surface area contributed by atoms with Gasteiger partial charge in [-0.25, -0.2) is 0 Å². The molecule has 2 N–H and O–H groups in total. The summed E-state index contributed by atoms with van der Waals surface area (Å²) in [7, 11) is 0. The number of hydrogen-bond acceptors (Lipinski definition) is 1. The molecule has 0 saturated heterocycles. The summed E-state index contributed by atoms with van der Waals surface area (Å²) in [5, 5.41) is 0. The second-order valence-corrected chi connectivity index (χ2v) is 5.45. The predicted octanol–water partition coefficient (Wildman–Crippen LogP) is 3.64. The van der Waals surface area contributed by atoms with E-state index in [9.17, 15) is 0 Å². The van der Waals surface area contributed by atoms with Crippen molar-refractivity contribution in [2.75, 3.05) is 0 Å². The van der Waals surface area contributed by atoms with Gasteiger partial charge in [-0.05, 0) is 43.9 Å². The summed E-state index contributed by atoms with van der Waals surface area (Å²) in [5.74, 6) is 1.91. The molecule has 0 aromatic heterocycles. The molecule has 0 spiro atoms. The summed E-state index contributed by atoms with van der Waals surface area (Å²) >= 11 is 0. The van der Waals surface area contributed by atoms with E-state index in [0.29, 0.717) is 6.04 Å². The Labute approximate surface area is 94.1 Å². The van der Waals surface area contributed by atoms with E-state index >= 15 is 0 Å². The van der Waals surface area contributed by atoms with Crippen LogP contribution in [-0.4, -0.2) is 6.04 Å². The average molecular weight is 207 g/mol. The van der Waals surface area contributed by atoms with Gasteiger partial charge in [0.05, 0.1) is 0 Å². The summed E-state index contributed by atoms with van der Waals surface area (Å²) < 4.78 is 0. The van der Waals surface area contributed by atoms with Gasteiger partial charge in [-0.2, -0.15) is 0 Å². The molecule has 2 aliphatic carbocycles. The molecule has 0 aliphatic heterocycles. The van der Waals surface area contributed by atoms with Crippen molar-refractivity contribution in [1.29, 1.82) is 0 Å². The number of hydrogen-bond donors (Lipinski definition) is 1. The summed E-state index contributed by atoms with van der Waals surface area (Å²) in [6.07, 6.45) is 13.3. The summed E-state index contributed by atoms with van der Waals surface area (Å²) in [4.78, 5) is 0. The van der Waals surface area contributed by atoms with E-state index in [-0.39, 0.29) is 0 Å². The third kappa shape index (κ3) is 2.84. The first-order chi connectivity index (χ1) is 7.29. The van der Waals surface area contributed by atoms with E-state index in [1.807, 2.05) is 0 Å². The van der Waals surface area contributed by atoms with Crippen LogP contribution >= 0.6 is 0 Å². The van der Waals surface area contributed by atoms with Crippen molar-refractivity contribution in [2.24, 2.45) is 17.6 Å². The lowest BCUT2D eigenvalue weighted by Crippen LogP contribution is -2.25. The van der Waals surface area contributed by atoms with Gasteiger partial charge in [-0.3, -0.25) is 0 Å². The molecule has 1 heteroatoms. The van der Waals surface area contributed by atoms with Crippen LogP contribution in [-0.2, 0) is 0 Å². The highest BCUT2D eigenvalue weighted by molar-refractivity contribution is 5.12. The molecule has 15 heavy (non-hydrogen) atoms. The van der Waals surface area contributed by atoms with E-state index in [1.54, 1.807) is 5.57 Å². The fraction of sp³-hybridized carbons (Fsp3) is 0.857. The molecule has 3 atom stereocenters. The molecule has 0 bridgehead atoms. The predicted molar refractivity (Wildman–Crippen MR) is 65.6 cm³/mol. The van der Waals surface area contributed by atoms with Gasteiger partial charge in [-0.1, -0.05) is 37.8 Å². The Morgan fingerprint density at radius 3 is 2.87 bits per heavy atom. The maximum atomic E-state index is 5.94. The van der Waals surface area contributed by atoms with Crippen molar-refractivity contribution in [3.8, 4) is 0 Å². The van der Waals surface area contributed by atoms with Crippen LogP contribution in [0.4, 0.5) is 0 Å². The van der Waals surface area contributed by atoms with E-state index in [2.05, 4.69) is 13.0 Å². The highest BCUT2D eigenvalue weighted by Crippen LogP contribution is 2.38. The fourth-order valence-corrected chi connectivity index (χ4v) is 3.24. The molecule has 0 radical (unpaired) electrons. The zero-order chi connectivity index (χ0) is 10.7. The Morgan fingerprint density at radius 2 is 2.20 bits per heavy atom. The van der Waals surface area contributed by atoms with Crippen LogP contribution in [0, 0.1) is 11.8 Å². The average Bonchev–Trinajstić information content (AvgIpc) is 2.30. The van der Waals surface area contributed by atoms with E-state index in [4.69, 9.17) is 5.73 Å². The number of nitrogens with two attached hydrogens (primary N) is 1. The van der Waals surface area contributed by atoms with Gasteiger partial charge in [0.1, 0.15) is 0 Å². The molecule has 2 rings (SSSR count). The lowest BCUT2D eigenvalue weighted by atomic mass is 9.74. The van der Waals surface area contributed by atoms with Crippen molar-refractivity contribution in [2.45, 2.75) is 64.3 Å². The molecule has 3 unspecified atom stereocenters. The summed E-state index contributed by atoms with van der Waals surface area (Å²) in [6, 6.07) is 0.444. The molecule has 1 fully saturated rings. The molecular formula is C14H25N. The molecule has 86 valence electrons. The summed E-state index contributed by atoms with van der Waals surface area (Å²) in [5.41, 5.74) is 7.68. The first-order valence-corrected chi connectivity index (χ1v) is 6.74. The van der Waals surface area contributed by atoms with Gasteiger partial charge in [0, 0.05) is 6.04 Å². The summed E-state index contributed by atoms with van der Waals surface area (Å²) in [6.45, 7) is 2.35. The zero-order valence-corrected chi connectivity index (χ0v) is 10.0. The molecule has 0 heterocycles. The van der Waals surface area contributed by atoms with Gasteiger partial charge in [0.25, 0.3) is 0 Å². The maximum absolute atomic E-state index is 5.94. The molecule has 2 aliphatic rings. The van der Waals surface area contributed by atoms with Gasteiger partial charge in [0.2, 0.25) is 0 Å². The minimum absolute atomic E-state index is 0.444. The quantitative estimate of drug-likeness (QED) is 0.687. The van der Waals surface area contributed by atoms with Crippen molar-refractivity contribution < 1.29 is 0 Å². The zero-order valence-electron chi connectivity index (χ0n) is 10.0. The van der Waals surface area contributed by atoms with Gasteiger partial charge in [-0.15, -0.1) is 0 Å². The highest BCUT2D eigenvalue weighted by Gasteiger charge is 2.25. The van der Waals surface area contributed by atoms with Gasteiger partial charge < -0.3 is 5.73 Å². The van der Waals surface area contributed by atoms with E-state index in [1.165, 1.54) is 44.9 Å². The normalized spacial score (nSPS) is 37.5. The Bertz CT molecular complexity index is 231. The van der Waals surface area contributed by atoms with Crippen LogP contribution in [0.15, 0.2) is 11.6 Å². The van der Waals surface area contributed by atoms with Crippen molar-refractivity contribution >= 4 is 0 Å². The van der Waals surface area contributed by atoms with Crippen LogP contribution in [0.1, 0.15) is 58.3 Å². The monoisotopic (exact) mass is 207 g/mol. The molecule has 0 aromatic carbocycles. The second kappa shape index (κ2) is 5.16. The third-order valence-corrected chi connectivity index (χ3v) is 4.37. The van der Waals surface area contributed by atoms with Gasteiger partial charge >= 0.3 is 0 Å². The van der Waals surface area contributed by atoms with Crippen molar-refractivity contribution in [3.63, 3.8) is 0 Å². The van der Waals surface area contributed by atoms with Crippen molar-refractivity contribution in [1.82, 2.24) is 0 Å². The second-order valence-electron chi connectivity index (χ2n) is 5.45. The minimum Gasteiger partial charge on any atom is -0.327 e. The molecule has 0 amide bonds. The van der Waals surface area contributed by atoms with Crippen LogP contribution < -0.4 is 5.73 Å². The van der Waals surface area contributed by atoms with Crippen LogP contribution in [0.5, 0.6) is 0 Å². The van der Waals surface area contributed by atoms with E-state index in [0.717, 1.165) is 18.3 Å². The lowest BCUT2D eigenvalue weighted by Gasteiger charge is -2.32. The molecular weight excluding hydrogens is 182 g/mol. The Morgan fingerprint density at radius 1 is 1.33 bits per heavy atom. The Hall–Kier alpha value is -0.300. The number of allylic oxidation sites excluding steroid dienone is 1. The number of rotatable bonds is 2. The first-order valence-electron chi connectivity index (χ1n) is 6.74. The standard InChI is InChI=1S/C14H25N/c1-2-11-4-3-5-13(10-11)12-6-8-14(15)9-7-12/h6,11,13-14H,2-5,7-10,15H2,1H3. The van der Waals surface area contributed by atoms with Crippen LogP contribution in [0.3, 0.4) is 0 Å². The topological polar surface area (TPSA) is 26.0 Å².